The number of aromatic amines is 1. The van der Waals surface area contributed by atoms with Crippen molar-refractivity contribution in [1.82, 2.24) is 20.6 Å². The first-order chi connectivity index (χ1) is 11.1. The van der Waals surface area contributed by atoms with Crippen LogP contribution in [0.25, 0.3) is 0 Å². The quantitative estimate of drug-likeness (QED) is 0.605. The Morgan fingerprint density at radius 1 is 1.35 bits per heavy atom. The van der Waals surface area contributed by atoms with E-state index in [1.807, 2.05) is 0 Å². The van der Waals surface area contributed by atoms with Gasteiger partial charge in [0.1, 0.15) is 11.8 Å². The van der Waals surface area contributed by atoms with Gasteiger partial charge in [-0.2, -0.15) is 0 Å². The molecule has 4 N–H and O–H groups in total. The molecule has 0 aliphatic carbocycles. The summed E-state index contributed by atoms with van der Waals surface area (Å²) in [7, 11) is 1.56. The third-order valence-corrected chi connectivity index (χ3v) is 3.20. The number of aliphatic carboxylic acids is 1. The van der Waals surface area contributed by atoms with Gasteiger partial charge in [-0.15, -0.1) is 0 Å². The van der Waals surface area contributed by atoms with Gasteiger partial charge in [0.25, 0.3) is 0 Å². The number of benzene rings is 1. The number of urea groups is 1. The zero-order chi connectivity index (χ0) is 16.7. The second kappa shape index (κ2) is 7.83. The van der Waals surface area contributed by atoms with E-state index in [9.17, 15) is 14.7 Å². The van der Waals surface area contributed by atoms with Crippen LogP contribution in [0.4, 0.5) is 4.79 Å². The molecule has 0 saturated carbocycles. The lowest BCUT2D eigenvalue weighted by atomic mass is 10.1. The van der Waals surface area contributed by atoms with Crippen molar-refractivity contribution in [3.8, 4) is 5.75 Å². The highest BCUT2D eigenvalue weighted by molar-refractivity contribution is 5.82. The van der Waals surface area contributed by atoms with Crippen molar-refractivity contribution in [1.29, 1.82) is 0 Å². The lowest BCUT2D eigenvalue weighted by Gasteiger charge is -2.15. The fraction of sp³-hybridized carbons (Fsp3) is 0.267. The molecule has 23 heavy (non-hydrogen) atoms. The number of carboxylic acids is 1. The number of H-pyrrole nitrogens is 1. The number of carbonyl (C=O) groups excluding carboxylic acids is 1. The van der Waals surface area contributed by atoms with Crippen LogP contribution in [0.15, 0.2) is 36.8 Å². The monoisotopic (exact) mass is 318 g/mol. The zero-order valence-corrected chi connectivity index (χ0v) is 12.6. The van der Waals surface area contributed by atoms with Crippen LogP contribution < -0.4 is 15.4 Å². The summed E-state index contributed by atoms with van der Waals surface area (Å²) in [5, 5.41) is 14.3. The molecule has 2 rings (SSSR count). The van der Waals surface area contributed by atoms with Crippen molar-refractivity contribution >= 4 is 12.0 Å². The van der Waals surface area contributed by atoms with Crippen molar-refractivity contribution in [2.24, 2.45) is 0 Å². The van der Waals surface area contributed by atoms with Gasteiger partial charge >= 0.3 is 12.0 Å². The highest BCUT2D eigenvalue weighted by atomic mass is 16.5. The Hall–Kier alpha value is -3.03. The van der Waals surface area contributed by atoms with Gasteiger partial charge in [-0.25, -0.2) is 14.6 Å². The Bertz CT molecular complexity index is 640. The number of carboxylic acid groups (broad SMARTS) is 1. The van der Waals surface area contributed by atoms with Gasteiger partial charge in [0.05, 0.1) is 25.7 Å². The van der Waals surface area contributed by atoms with E-state index in [2.05, 4.69) is 20.6 Å². The van der Waals surface area contributed by atoms with Crippen LogP contribution in [0.5, 0.6) is 5.75 Å². The van der Waals surface area contributed by atoms with E-state index in [4.69, 9.17) is 4.74 Å². The molecule has 8 nitrogen and oxygen atoms in total. The summed E-state index contributed by atoms with van der Waals surface area (Å²) in [5.41, 5.74) is 1.51. The maximum absolute atomic E-state index is 11.8. The lowest BCUT2D eigenvalue weighted by molar-refractivity contribution is -0.139. The summed E-state index contributed by atoms with van der Waals surface area (Å²) in [6, 6.07) is 5.43. The first-order valence-electron chi connectivity index (χ1n) is 6.96. The molecule has 0 bridgehead atoms. The van der Waals surface area contributed by atoms with Crippen LogP contribution in [0.3, 0.4) is 0 Å². The summed E-state index contributed by atoms with van der Waals surface area (Å²) < 4.78 is 5.05. The number of aromatic nitrogens is 2. The van der Waals surface area contributed by atoms with Crippen LogP contribution >= 0.6 is 0 Å². The lowest BCUT2D eigenvalue weighted by Crippen LogP contribution is -2.46. The SMILES string of the molecule is COc1ccc(C[C@H](NC(=O)NCc2cnc[nH]2)C(=O)O)cc1. The summed E-state index contributed by atoms with van der Waals surface area (Å²) in [6.45, 7) is 0.237. The Labute approximate surface area is 132 Å². The molecule has 1 aromatic carbocycles. The van der Waals surface area contributed by atoms with Gasteiger partial charge < -0.3 is 25.5 Å². The molecule has 0 spiro atoms. The first-order valence-corrected chi connectivity index (χ1v) is 6.96. The topological polar surface area (TPSA) is 116 Å². The molecule has 1 heterocycles. The highest BCUT2D eigenvalue weighted by Crippen LogP contribution is 2.12. The van der Waals surface area contributed by atoms with E-state index in [0.717, 1.165) is 11.3 Å². The molecule has 0 radical (unpaired) electrons. The number of nitrogens with one attached hydrogen (secondary N) is 3. The smallest absolute Gasteiger partial charge is 0.326 e. The predicted molar refractivity (Wildman–Crippen MR) is 82.1 cm³/mol. The fourth-order valence-electron chi connectivity index (χ4n) is 1.96. The Kier molecular flexibility index (Phi) is 5.56. The highest BCUT2D eigenvalue weighted by Gasteiger charge is 2.20. The zero-order valence-electron chi connectivity index (χ0n) is 12.6. The van der Waals surface area contributed by atoms with Gasteiger partial charge in [-0.3, -0.25) is 0 Å². The molecule has 8 heteroatoms. The number of nitrogens with zero attached hydrogens (tertiary/aromatic N) is 1. The van der Waals surface area contributed by atoms with Gasteiger partial charge in [0.2, 0.25) is 0 Å². The maximum Gasteiger partial charge on any atom is 0.326 e. The van der Waals surface area contributed by atoms with Crippen LogP contribution in [0.1, 0.15) is 11.3 Å². The minimum absolute atomic E-state index is 0.177. The van der Waals surface area contributed by atoms with Crippen molar-refractivity contribution in [2.75, 3.05) is 7.11 Å². The second-order valence-electron chi connectivity index (χ2n) is 4.85. The fourth-order valence-corrected chi connectivity index (χ4v) is 1.96. The molecule has 2 aromatic rings. The number of methoxy groups -OCH3 is 1. The number of hydrogen-bond acceptors (Lipinski definition) is 4. The van der Waals surface area contributed by atoms with Gasteiger partial charge in [-0.1, -0.05) is 12.1 Å². The van der Waals surface area contributed by atoms with Crippen LogP contribution in [0, 0.1) is 0 Å². The van der Waals surface area contributed by atoms with Crippen LogP contribution in [-0.4, -0.2) is 40.2 Å². The minimum Gasteiger partial charge on any atom is -0.497 e. The van der Waals surface area contributed by atoms with E-state index < -0.39 is 18.0 Å². The van der Waals surface area contributed by atoms with E-state index in [1.54, 1.807) is 37.6 Å². The van der Waals surface area contributed by atoms with Gasteiger partial charge in [0.15, 0.2) is 0 Å². The van der Waals surface area contributed by atoms with Crippen LogP contribution in [0.2, 0.25) is 0 Å². The molecule has 0 saturated heterocycles. The summed E-state index contributed by atoms with van der Waals surface area (Å²) in [4.78, 5) is 29.8. The predicted octanol–water partition coefficient (Wildman–Crippen LogP) is 0.913. The number of ether oxygens (including phenoxy) is 1. The summed E-state index contributed by atoms with van der Waals surface area (Å²) in [6.07, 6.45) is 3.25. The van der Waals surface area contributed by atoms with Crippen molar-refractivity contribution in [3.05, 3.63) is 48.0 Å². The van der Waals surface area contributed by atoms with Gasteiger partial charge in [-0.05, 0) is 17.7 Å². The van der Waals surface area contributed by atoms with E-state index in [-0.39, 0.29) is 13.0 Å². The molecule has 122 valence electrons. The van der Waals surface area contributed by atoms with Crippen LogP contribution in [-0.2, 0) is 17.8 Å². The standard InChI is InChI=1S/C15H18N4O4/c1-23-12-4-2-10(3-5-12)6-13(14(20)21)19-15(22)17-8-11-7-16-9-18-11/h2-5,7,9,13H,6,8H2,1H3,(H,16,18)(H,20,21)(H2,17,19,22)/t13-/m0/s1. The third-order valence-electron chi connectivity index (χ3n) is 3.20. The van der Waals surface area contributed by atoms with E-state index in [0.29, 0.717) is 5.75 Å². The Morgan fingerprint density at radius 2 is 2.09 bits per heavy atom. The second-order valence-corrected chi connectivity index (χ2v) is 4.85. The van der Waals surface area contributed by atoms with E-state index in [1.165, 1.54) is 6.33 Å². The first kappa shape index (κ1) is 16.3. The number of imidazole rings is 1. The molecule has 0 fully saturated rings. The number of amides is 2. The molecular weight excluding hydrogens is 300 g/mol. The van der Waals surface area contributed by atoms with Crippen molar-refractivity contribution < 1.29 is 19.4 Å². The Morgan fingerprint density at radius 3 is 2.65 bits per heavy atom. The van der Waals surface area contributed by atoms with E-state index >= 15 is 0 Å². The number of hydrogen-bond donors (Lipinski definition) is 4. The van der Waals surface area contributed by atoms with Crippen molar-refractivity contribution in [2.45, 2.75) is 19.0 Å². The molecule has 0 unspecified atom stereocenters. The maximum atomic E-state index is 11.8. The Balaban J connectivity index is 1.89. The average molecular weight is 318 g/mol. The average Bonchev–Trinajstić information content (AvgIpc) is 3.06. The molecule has 2 amide bonds. The summed E-state index contributed by atoms with van der Waals surface area (Å²) >= 11 is 0. The molecule has 1 aromatic heterocycles. The van der Waals surface area contributed by atoms with Crippen molar-refractivity contribution in [3.63, 3.8) is 0 Å². The van der Waals surface area contributed by atoms with Gasteiger partial charge in [0, 0.05) is 12.6 Å². The normalized spacial score (nSPS) is 11.5. The number of rotatable bonds is 7. The molecule has 1 atom stereocenters. The third kappa shape index (κ3) is 5.03. The molecule has 0 aliphatic heterocycles. The molecular formula is C15H18N4O4. The summed E-state index contributed by atoms with van der Waals surface area (Å²) in [5.74, 6) is -0.414. The minimum atomic E-state index is -1.10. The largest absolute Gasteiger partial charge is 0.497 e. The number of carbonyl (C=O) groups is 2. The molecule has 0 aliphatic rings.